The molecule has 3 rings (SSSR count). The van der Waals surface area contributed by atoms with Crippen LogP contribution in [0.4, 0.5) is 0 Å². The van der Waals surface area contributed by atoms with Crippen LogP contribution in [0.25, 0.3) is 11.1 Å². The highest BCUT2D eigenvalue weighted by Crippen LogP contribution is 2.30. The number of carbonyl (C=O) groups excluding carboxylic acids is 4. The van der Waals surface area contributed by atoms with Gasteiger partial charge in [0, 0.05) is 37.9 Å². The molecule has 0 aliphatic carbocycles. The van der Waals surface area contributed by atoms with Crippen LogP contribution in [0.5, 0.6) is 5.75 Å². The lowest BCUT2D eigenvalue weighted by atomic mass is 9.96. The number of benzene rings is 2. The monoisotopic (exact) mass is 592 g/mol. The molecule has 226 valence electrons. The molecule has 0 radical (unpaired) electrons. The molecule has 0 saturated carbocycles. The molecule has 41 heavy (non-hydrogen) atoms. The average Bonchev–Trinajstić information content (AvgIpc) is 2.92. The molecule has 0 aromatic heterocycles. The molecule has 0 unspecified atom stereocenters. The second kappa shape index (κ2) is 15.9. The smallest absolute Gasteiger partial charge is 0.243 e. The first kappa shape index (κ1) is 35.3. The van der Waals surface area contributed by atoms with Crippen LogP contribution in [0.15, 0.2) is 36.4 Å². The third-order valence-corrected chi connectivity index (χ3v) is 6.78. The summed E-state index contributed by atoms with van der Waals surface area (Å²) in [7, 11) is 1.42. The van der Waals surface area contributed by atoms with Gasteiger partial charge in [-0.25, -0.2) is 0 Å². The Morgan fingerprint density at radius 2 is 1.68 bits per heavy atom. The summed E-state index contributed by atoms with van der Waals surface area (Å²) in [6.45, 7) is -0.503. The van der Waals surface area contributed by atoms with Crippen molar-refractivity contribution in [1.82, 2.24) is 21.3 Å². The van der Waals surface area contributed by atoms with Crippen LogP contribution in [-0.4, -0.2) is 78.2 Å². The van der Waals surface area contributed by atoms with Crippen molar-refractivity contribution in [2.45, 2.75) is 58.3 Å². The Hall–Kier alpha value is -3.71. The van der Waals surface area contributed by atoms with E-state index in [1.807, 2.05) is 0 Å². The van der Waals surface area contributed by atoms with Crippen molar-refractivity contribution in [1.29, 1.82) is 0 Å². The van der Waals surface area contributed by atoms with Gasteiger partial charge in [-0.3, -0.25) is 19.2 Å². The maximum Gasteiger partial charge on any atom is 0.243 e. The molecule has 0 fully saturated rings. The minimum atomic E-state index is -1.29. The number of likely N-dealkylation sites (N-methyl/N-ethyl adjacent to an activating group) is 1. The quantitative estimate of drug-likeness (QED) is 0.227. The van der Waals surface area contributed by atoms with Gasteiger partial charge in [0.1, 0.15) is 17.8 Å². The van der Waals surface area contributed by atoms with Gasteiger partial charge in [-0.05, 0) is 46.5 Å². The van der Waals surface area contributed by atoms with Gasteiger partial charge in [0.05, 0.1) is 18.7 Å². The predicted molar refractivity (Wildman–Crippen MR) is 158 cm³/mol. The number of hydrogen-bond donors (Lipinski definition) is 8. The summed E-state index contributed by atoms with van der Waals surface area (Å²) in [6.07, 6.45) is -1.47. The standard InChI is InChI=1S/C26H33ClN6O6.2CH4/c1-30-23(36)12-31-25(38)20-9-15-6-13(2-4-18(15)27)14-3-5-22(35)16(7-14)8-19(29)24(37)32-21(26(39)33-20)10-17(34)11-28;;/h2-7,17,19-21,34-35H,8-12,28-29H2,1H3,(H,30,36)(H,31,38)(H,32,37)(H,33,39);2*1H4/t17-,19+,20+,21+;;/m1../s1. The van der Waals surface area contributed by atoms with Crippen LogP contribution in [-0.2, 0) is 32.0 Å². The first-order valence-electron chi connectivity index (χ1n) is 12.4. The normalized spacial score (nSPS) is 19.5. The SMILES string of the molecule is C.C.CNC(=O)CNC(=O)[C@@H]1Cc2cc(ccc2Cl)-c2ccc(O)c(c2)C[C@H](N)C(=O)N[C@@H](C[C@@H](O)CN)C(=O)N1. The number of phenols is 1. The molecule has 2 aromatic rings. The Bertz CT molecular complexity index is 1240. The Kier molecular flexibility index (Phi) is 13.7. The third kappa shape index (κ3) is 9.42. The number of aromatic hydroxyl groups is 1. The van der Waals surface area contributed by atoms with E-state index in [1.165, 1.54) is 13.1 Å². The van der Waals surface area contributed by atoms with E-state index in [-0.39, 0.29) is 53.0 Å². The van der Waals surface area contributed by atoms with Crippen molar-refractivity contribution in [2.75, 3.05) is 20.1 Å². The van der Waals surface area contributed by atoms with Crippen molar-refractivity contribution in [3.8, 4) is 16.9 Å². The summed E-state index contributed by atoms with van der Waals surface area (Å²) < 4.78 is 0. The van der Waals surface area contributed by atoms with Crippen LogP contribution >= 0.6 is 11.6 Å². The highest BCUT2D eigenvalue weighted by atomic mass is 35.5. The Balaban J connectivity index is 0.00000420. The Morgan fingerprint density at radius 1 is 1.05 bits per heavy atom. The zero-order valence-electron chi connectivity index (χ0n) is 21.4. The van der Waals surface area contributed by atoms with E-state index in [9.17, 15) is 29.4 Å². The molecule has 1 aliphatic heterocycles. The number of fused-ring (bicyclic) bond motifs is 5. The molecule has 4 amide bonds. The molecule has 0 spiro atoms. The molecular weight excluding hydrogens is 552 g/mol. The number of carbonyl (C=O) groups is 4. The summed E-state index contributed by atoms with van der Waals surface area (Å²) in [4.78, 5) is 51.1. The van der Waals surface area contributed by atoms with Crippen LogP contribution in [0.2, 0.25) is 5.02 Å². The fraction of sp³-hybridized carbons (Fsp3) is 0.429. The van der Waals surface area contributed by atoms with E-state index >= 15 is 0 Å². The molecule has 4 atom stereocenters. The average molecular weight is 593 g/mol. The fourth-order valence-electron chi connectivity index (χ4n) is 4.13. The van der Waals surface area contributed by atoms with Crippen LogP contribution in [0.1, 0.15) is 32.4 Å². The number of aliphatic hydroxyl groups is 1. The Labute approximate surface area is 245 Å². The summed E-state index contributed by atoms with van der Waals surface area (Å²) in [6, 6.07) is 6.41. The molecule has 0 saturated heterocycles. The molecule has 1 heterocycles. The van der Waals surface area contributed by atoms with Crippen molar-refractivity contribution in [2.24, 2.45) is 11.5 Å². The number of aliphatic hydroxyl groups excluding tert-OH is 1. The lowest BCUT2D eigenvalue weighted by Crippen LogP contribution is -2.57. The van der Waals surface area contributed by atoms with Gasteiger partial charge in [-0.15, -0.1) is 0 Å². The maximum absolute atomic E-state index is 13.3. The number of phenolic OH excluding ortho intramolecular Hbond substituents is 1. The molecule has 4 bridgehead atoms. The molecule has 12 nitrogen and oxygen atoms in total. The summed E-state index contributed by atoms with van der Waals surface area (Å²) in [5.74, 6) is -2.64. The van der Waals surface area contributed by atoms with Gasteiger partial charge >= 0.3 is 0 Å². The number of rotatable bonds is 6. The van der Waals surface area contributed by atoms with E-state index in [2.05, 4.69) is 21.3 Å². The van der Waals surface area contributed by atoms with E-state index in [1.54, 1.807) is 30.3 Å². The number of halogens is 1. The first-order chi connectivity index (χ1) is 18.5. The van der Waals surface area contributed by atoms with Crippen molar-refractivity contribution in [3.05, 3.63) is 52.5 Å². The molecule has 10 N–H and O–H groups in total. The second-order valence-electron chi connectivity index (χ2n) is 9.30. The van der Waals surface area contributed by atoms with Crippen LogP contribution in [0, 0.1) is 0 Å². The summed E-state index contributed by atoms with van der Waals surface area (Å²) in [5.41, 5.74) is 14.0. The first-order valence-corrected chi connectivity index (χ1v) is 12.7. The van der Waals surface area contributed by atoms with Gasteiger partial charge in [-0.2, -0.15) is 0 Å². The van der Waals surface area contributed by atoms with E-state index in [4.69, 9.17) is 23.1 Å². The Morgan fingerprint density at radius 3 is 2.32 bits per heavy atom. The third-order valence-electron chi connectivity index (χ3n) is 6.41. The van der Waals surface area contributed by atoms with Crippen LogP contribution in [0.3, 0.4) is 0 Å². The minimum Gasteiger partial charge on any atom is -0.508 e. The molecule has 2 aromatic carbocycles. The molecule has 13 heteroatoms. The van der Waals surface area contributed by atoms with Gasteiger partial charge in [0.15, 0.2) is 0 Å². The maximum atomic E-state index is 13.3. The van der Waals surface area contributed by atoms with Gasteiger partial charge in [0.25, 0.3) is 0 Å². The zero-order chi connectivity index (χ0) is 28.7. The summed E-state index contributed by atoms with van der Waals surface area (Å²) in [5, 5.41) is 30.9. The van der Waals surface area contributed by atoms with Crippen molar-refractivity contribution in [3.63, 3.8) is 0 Å². The minimum absolute atomic E-state index is 0. The van der Waals surface area contributed by atoms with E-state index in [0.29, 0.717) is 27.3 Å². The lowest BCUT2D eigenvalue weighted by Gasteiger charge is -2.25. The number of nitrogens with two attached hydrogens (primary N) is 2. The topological polar surface area (TPSA) is 209 Å². The second-order valence-corrected chi connectivity index (χ2v) is 9.71. The summed E-state index contributed by atoms with van der Waals surface area (Å²) >= 11 is 6.46. The number of nitrogens with one attached hydrogen (secondary N) is 4. The predicted octanol–water partition coefficient (Wildman–Crippen LogP) is -0.0478. The van der Waals surface area contributed by atoms with Gasteiger partial charge < -0.3 is 42.9 Å². The fourth-order valence-corrected chi connectivity index (χ4v) is 4.32. The zero-order valence-corrected chi connectivity index (χ0v) is 22.1. The van der Waals surface area contributed by atoms with Crippen LogP contribution < -0.4 is 32.7 Å². The highest BCUT2D eigenvalue weighted by molar-refractivity contribution is 6.31. The number of amides is 4. The lowest BCUT2D eigenvalue weighted by molar-refractivity contribution is -0.133. The number of hydrogen-bond acceptors (Lipinski definition) is 8. The molecule has 1 aliphatic rings. The molecular formula is C28H41ClN6O6. The van der Waals surface area contributed by atoms with E-state index in [0.717, 1.165) is 0 Å². The van der Waals surface area contributed by atoms with Gasteiger partial charge in [-0.1, -0.05) is 38.6 Å². The highest BCUT2D eigenvalue weighted by Gasteiger charge is 2.31. The van der Waals surface area contributed by atoms with Crippen molar-refractivity contribution >= 4 is 35.2 Å². The van der Waals surface area contributed by atoms with Crippen molar-refractivity contribution < 1.29 is 29.4 Å². The largest absolute Gasteiger partial charge is 0.508 e. The van der Waals surface area contributed by atoms with Gasteiger partial charge in [0.2, 0.25) is 23.6 Å². The van der Waals surface area contributed by atoms with E-state index < -0.39 is 47.9 Å².